The van der Waals surface area contributed by atoms with Gasteiger partial charge in [0.05, 0.1) is 5.69 Å². The van der Waals surface area contributed by atoms with Crippen LogP contribution in [0.15, 0.2) is 53.6 Å². The quantitative estimate of drug-likeness (QED) is 0.666. The third-order valence-electron chi connectivity index (χ3n) is 3.72. The molecule has 1 aromatic carbocycles. The number of benzene rings is 1. The van der Waals surface area contributed by atoms with Crippen molar-refractivity contribution in [2.75, 3.05) is 5.75 Å². The smallest absolute Gasteiger partial charge is 0.179 e. The van der Waals surface area contributed by atoms with Gasteiger partial charge in [-0.2, -0.15) is 0 Å². The van der Waals surface area contributed by atoms with Gasteiger partial charge in [0.15, 0.2) is 5.82 Å². The molecule has 2 aromatic heterocycles. The van der Waals surface area contributed by atoms with Crippen LogP contribution in [0, 0.1) is 6.92 Å². The molecule has 0 unspecified atom stereocenters. The Morgan fingerprint density at radius 3 is 2.59 bits per heavy atom. The molecule has 4 heteroatoms. The molecule has 0 aliphatic carbocycles. The lowest BCUT2D eigenvalue weighted by Crippen LogP contribution is -2.00. The summed E-state index contributed by atoms with van der Waals surface area (Å²) in [6.07, 6.45) is 1.03. The highest BCUT2D eigenvalue weighted by Crippen LogP contribution is 2.36. The molecule has 0 N–H and O–H groups in total. The van der Waals surface area contributed by atoms with Crippen LogP contribution in [0.25, 0.3) is 22.8 Å². The normalized spacial score (nSPS) is 13.1. The van der Waals surface area contributed by atoms with E-state index < -0.39 is 0 Å². The second-order valence-electron chi connectivity index (χ2n) is 5.31. The van der Waals surface area contributed by atoms with Crippen molar-refractivity contribution in [3.05, 3.63) is 59.8 Å². The maximum Gasteiger partial charge on any atom is 0.179 e. The molecule has 0 bridgehead atoms. The van der Waals surface area contributed by atoms with Gasteiger partial charge in [0.25, 0.3) is 0 Å². The van der Waals surface area contributed by atoms with E-state index in [1.807, 2.05) is 43.0 Å². The van der Waals surface area contributed by atoms with Gasteiger partial charge in [0.1, 0.15) is 10.7 Å². The lowest BCUT2D eigenvalue weighted by Gasteiger charge is -2.10. The number of pyridine rings is 1. The first-order chi connectivity index (χ1) is 10.8. The van der Waals surface area contributed by atoms with E-state index in [0.29, 0.717) is 0 Å². The summed E-state index contributed by atoms with van der Waals surface area (Å²) in [4.78, 5) is 14.1. The number of nitrogens with zero attached hydrogens (tertiary/aromatic N) is 3. The number of fused-ring (bicyclic) bond motifs is 1. The van der Waals surface area contributed by atoms with Gasteiger partial charge in [-0.05, 0) is 25.5 Å². The molecule has 0 saturated heterocycles. The Labute approximate surface area is 133 Å². The van der Waals surface area contributed by atoms with E-state index in [2.05, 4.69) is 29.2 Å². The molecule has 0 saturated carbocycles. The Balaban J connectivity index is 1.92. The van der Waals surface area contributed by atoms with Crippen LogP contribution in [0.1, 0.15) is 11.3 Å². The largest absolute Gasteiger partial charge is 0.250 e. The lowest BCUT2D eigenvalue weighted by molar-refractivity contribution is 0.985. The van der Waals surface area contributed by atoms with Gasteiger partial charge in [-0.15, -0.1) is 11.8 Å². The molecule has 0 radical (unpaired) electrons. The highest BCUT2D eigenvalue weighted by atomic mass is 32.2. The third-order valence-corrected chi connectivity index (χ3v) is 4.74. The molecular weight excluding hydrogens is 290 g/mol. The Bertz CT molecular complexity index is 831. The van der Waals surface area contributed by atoms with E-state index in [9.17, 15) is 0 Å². The number of hydrogen-bond donors (Lipinski definition) is 0. The summed E-state index contributed by atoms with van der Waals surface area (Å²) in [5.41, 5.74) is 5.29. The van der Waals surface area contributed by atoms with Gasteiger partial charge in [-0.1, -0.05) is 36.4 Å². The van der Waals surface area contributed by atoms with E-state index in [1.54, 1.807) is 0 Å². The third kappa shape index (κ3) is 2.40. The summed E-state index contributed by atoms with van der Waals surface area (Å²) in [5.74, 6) is 1.80. The van der Waals surface area contributed by atoms with Gasteiger partial charge in [-0.25, -0.2) is 15.0 Å². The second kappa shape index (κ2) is 5.54. The van der Waals surface area contributed by atoms with Gasteiger partial charge >= 0.3 is 0 Å². The number of rotatable bonds is 2. The highest BCUT2D eigenvalue weighted by molar-refractivity contribution is 7.99. The van der Waals surface area contributed by atoms with Crippen molar-refractivity contribution in [1.82, 2.24) is 15.0 Å². The number of aryl methyl sites for hydroxylation is 1. The minimum atomic E-state index is 0.718. The summed E-state index contributed by atoms with van der Waals surface area (Å²) in [7, 11) is 0. The van der Waals surface area contributed by atoms with Crippen LogP contribution in [0.3, 0.4) is 0 Å². The number of thioether (sulfide) groups is 1. The first-order valence-corrected chi connectivity index (χ1v) is 8.33. The minimum absolute atomic E-state index is 0.718. The Hall–Kier alpha value is -2.20. The van der Waals surface area contributed by atoms with E-state index in [0.717, 1.165) is 45.7 Å². The van der Waals surface area contributed by atoms with Crippen LogP contribution >= 0.6 is 11.8 Å². The molecule has 3 heterocycles. The fourth-order valence-electron chi connectivity index (χ4n) is 2.67. The van der Waals surface area contributed by atoms with Gasteiger partial charge in [-0.3, -0.25) is 0 Å². The van der Waals surface area contributed by atoms with Crippen molar-refractivity contribution in [3.8, 4) is 22.8 Å². The SMILES string of the molecule is Cc1cccc(-c2nc3c(c(-c4ccccc4)n2)CCS3)n1. The van der Waals surface area contributed by atoms with Crippen LogP contribution in [-0.2, 0) is 6.42 Å². The fraction of sp³-hybridized carbons (Fsp3) is 0.167. The van der Waals surface area contributed by atoms with E-state index in [4.69, 9.17) is 9.97 Å². The van der Waals surface area contributed by atoms with Crippen LogP contribution < -0.4 is 0 Å². The zero-order chi connectivity index (χ0) is 14.9. The first-order valence-electron chi connectivity index (χ1n) is 7.34. The summed E-state index contributed by atoms with van der Waals surface area (Å²) >= 11 is 1.81. The maximum absolute atomic E-state index is 4.84. The molecule has 108 valence electrons. The minimum Gasteiger partial charge on any atom is -0.250 e. The van der Waals surface area contributed by atoms with Crippen molar-refractivity contribution >= 4 is 11.8 Å². The Kier molecular flexibility index (Phi) is 3.39. The summed E-state index contributed by atoms with van der Waals surface area (Å²) in [6.45, 7) is 1.99. The lowest BCUT2D eigenvalue weighted by atomic mass is 10.1. The van der Waals surface area contributed by atoms with E-state index >= 15 is 0 Å². The van der Waals surface area contributed by atoms with Crippen molar-refractivity contribution in [2.45, 2.75) is 18.4 Å². The zero-order valence-electron chi connectivity index (χ0n) is 12.3. The average Bonchev–Trinajstić information content (AvgIpc) is 3.03. The van der Waals surface area contributed by atoms with E-state index in [1.165, 1.54) is 5.56 Å². The molecule has 22 heavy (non-hydrogen) atoms. The van der Waals surface area contributed by atoms with Gasteiger partial charge in [0.2, 0.25) is 0 Å². The van der Waals surface area contributed by atoms with Crippen molar-refractivity contribution in [3.63, 3.8) is 0 Å². The average molecular weight is 305 g/mol. The molecule has 1 aliphatic heterocycles. The fourth-order valence-corrected chi connectivity index (χ4v) is 3.70. The molecule has 0 amide bonds. The Morgan fingerprint density at radius 1 is 0.909 bits per heavy atom. The molecule has 3 aromatic rings. The predicted molar refractivity (Wildman–Crippen MR) is 89.9 cm³/mol. The van der Waals surface area contributed by atoms with E-state index in [-0.39, 0.29) is 0 Å². The van der Waals surface area contributed by atoms with Gasteiger partial charge < -0.3 is 0 Å². The van der Waals surface area contributed by atoms with Crippen LogP contribution in [0.4, 0.5) is 0 Å². The molecule has 3 nitrogen and oxygen atoms in total. The molecule has 0 spiro atoms. The van der Waals surface area contributed by atoms with Crippen molar-refractivity contribution < 1.29 is 0 Å². The second-order valence-corrected chi connectivity index (χ2v) is 6.39. The highest BCUT2D eigenvalue weighted by Gasteiger charge is 2.21. The topological polar surface area (TPSA) is 38.7 Å². The Morgan fingerprint density at radius 2 is 1.77 bits per heavy atom. The first kappa shape index (κ1) is 13.5. The molecule has 4 rings (SSSR count). The summed E-state index contributed by atoms with van der Waals surface area (Å²) < 4.78 is 0. The molecule has 0 fully saturated rings. The van der Waals surface area contributed by atoms with Crippen molar-refractivity contribution in [2.24, 2.45) is 0 Å². The summed E-state index contributed by atoms with van der Waals surface area (Å²) in [5, 5.41) is 1.10. The van der Waals surface area contributed by atoms with Crippen LogP contribution in [0.2, 0.25) is 0 Å². The van der Waals surface area contributed by atoms with Crippen LogP contribution in [-0.4, -0.2) is 20.7 Å². The molecular formula is C18H15N3S. The van der Waals surface area contributed by atoms with Crippen LogP contribution in [0.5, 0.6) is 0 Å². The monoisotopic (exact) mass is 305 g/mol. The standard InChI is InChI=1S/C18H15N3S/c1-12-6-5-9-15(19-12)17-20-16(13-7-3-2-4-8-13)14-10-11-22-18(14)21-17/h2-9H,10-11H2,1H3. The predicted octanol–water partition coefficient (Wildman–Crippen LogP) is 4.16. The number of aromatic nitrogens is 3. The number of hydrogen-bond acceptors (Lipinski definition) is 4. The zero-order valence-corrected chi connectivity index (χ0v) is 13.1. The van der Waals surface area contributed by atoms with Crippen molar-refractivity contribution in [1.29, 1.82) is 0 Å². The molecule has 0 atom stereocenters. The van der Waals surface area contributed by atoms with Gasteiger partial charge in [0, 0.05) is 22.6 Å². The molecule has 1 aliphatic rings. The maximum atomic E-state index is 4.84. The summed E-state index contributed by atoms with van der Waals surface area (Å²) in [6, 6.07) is 16.3.